The second-order valence-electron chi connectivity index (χ2n) is 15.4. The molecule has 0 heterocycles. The van der Waals surface area contributed by atoms with E-state index in [1.165, 1.54) is 17.7 Å². The van der Waals surface area contributed by atoms with Crippen LogP contribution in [0.5, 0.6) is 5.75 Å². The molecule has 0 aliphatic heterocycles. The van der Waals surface area contributed by atoms with Crippen molar-refractivity contribution in [3.05, 3.63) is 124 Å². The normalized spacial score (nSPS) is 23.1. The topological polar surface area (TPSA) is 96.3 Å². The summed E-state index contributed by atoms with van der Waals surface area (Å²) in [5, 5.41) is 26.1. The Morgan fingerprint density at radius 2 is 1.80 bits per heavy atom. The van der Waals surface area contributed by atoms with Gasteiger partial charge in [-0.3, -0.25) is 4.79 Å². The third kappa shape index (κ3) is 8.73. The molecule has 4 unspecified atom stereocenters. The average Bonchev–Trinajstić information content (AvgIpc) is 3.40. The highest BCUT2D eigenvalue weighted by Crippen LogP contribution is 2.59. The van der Waals surface area contributed by atoms with Gasteiger partial charge in [0.2, 0.25) is 0 Å². The third-order valence-electron chi connectivity index (χ3n) is 11.8. The molecule has 0 spiro atoms. The van der Waals surface area contributed by atoms with Gasteiger partial charge in [0.25, 0.3) is 0 Å². The van der Waals surface area contributed by atoms with Crippen LogP contribution in [0.15, 0.2) is 90.5 Å². The number of hydrogen-bond donors (Lipinski definition) is 2. The number of fused-ring (bicyclic) bond motifs is 9. The number of aliphatic hydroxyl groups excluding tert-OH is 1. The lowest BCUT2D eigenvalue weighted by atomic mass is 9.64. The Morgan fingerprint density at radius 1 is 1.00 bits per heavy atom. The van der Waals surface area contributed by atoms with Crippen LogP contribution in [0, 0.1) is 11.2 Å². The van der Waals surface area contributed by atoms with Crippen LogP contribution in [0.3, 0.4) is 0 Å². The van der Waals surface area contributed by atoms with Gasteiger partial charge in [-0.25, -0.2) is 9.18 Å². The second-order valence-corrected chi connectivity index (χ2v) is 15.8. The predicted octanol–water partition coefficient (Wildman–Crippen LogP) is 9.63. The largest absolute Gasteiger partial charge is 0.415 e. The number of amides is 1. The molecule has 3 aliphatic carbocycles. The zero-order chi connectivity index (χ0) is 38.5. The molecule has 0 radical (unpaired) electrons. The summed E-state index contributed by atoms with van der Waals surface area (Å²) in [5.41, 5.74) is 1.18. The first-order valence-electron chi connectivity index (χ1n) is 19.0. The first kappa shape index (κ1) is 39.6. The molecular weight excluding hydrogens is 705 g/mol. The number of aliphatic hydroxyl groups is 2. The van der Waals surface area contributed by atoms with E-state index < -0.39 is 29.0 Å². The van der Waals surface area contributed by atoms with E-state index in [0.717, 1.165) is 28.3 Å². The van der Waals surface area contributed by atoms with Crippen molar-refractivity contribution in [3.63, 3.8) is 0 Å². The van der Waals surface area contributed by atoms with Crippen molar-refractivity contribution in [2.75, 3.05) is 26.8 Å². The van der Waals surface area contributed by atoms with Crippen LogP contribution >= 0.6 is 11.6 Å². The number of allylic oxidation sites excluding steroid dienone is 2. The lowest BCUT2D eigenvalue weighted by Crippen LogP contribution is -2.54. The first-order chi connectivity index (χ1) is 25.9. The molecule has 9 heteroatoms. The fourth-order valence-electron chi connectivity index (χ4n) is 8.55. The summed E-state index contributed by atoms with van der Waals surface area (Å²) >= 11 is 6.39. The lowest BCUT2D eigenvalue weighted by Gasteiger charge is -2.46. The number of nitrogens with zero attached hydrogens (tertiary/aromatic N) is 1. The van der Waals surface area contributed by atoms with E-state index in [9.17, 15) is 24.2 Å². The van der Waals surface area contributed by atoms with Crippen LogP contribution in [0.25, 0.3) is 10.8 Å². The molecule has 7 nitrogen and oxygen atoms in total. The molecule has 286 valence electrons. The molecule has 0 aromatic heterocycles. The number of carbonyl (C=O) groups is 2. The van der Waals surface area contributed by atoms with Crippen molar-refractivity contribution in [1.29, 1.82) is 0 Å². The van der Waals surface area contributed by atoms with E-state index in [1.807, 2.05) is 54.6 Å². The standard InChI is InChI=1S/C45H51ClFNO6/c1-30-9-7-21-44(2)39(36-19-15-31(25-34(49)17-14-30)26-37(36)42(50)28-38-40(46)12-6-13-41(38)47)20-22-45(44,52)29-48(23-8-24-53-3)43(51)54-35-18-16-32-10-4-5-11-33(32)27-35/h4-6,9-13,15-16,18-19,26-27,34,39,49,52H,7-8,14,17,20-25,28-29H2,1-3H3. The van der Waals surface area contributed by atoms with Gasteiger partial charge in [-0.1, -0.05) is 78.7 Å². The van der Waals surface area contributed by atoms with Gasteiger partial charge in [0.05, 0.1) is 18.2 Å². The Morgan fingerprint density at radius 3 is 2.57 bits per heavy atom. The maximum atomic E-state index is 15.0. The Bertz CT molecular complexity index is 2000. The van der Waals surface area contributed by atoms with Gasteiger partial charge >= 0.3 is 6.09 Å². The minimum absolute atomic E-state index is 0.0250. The molecule has 2 bridgehead atoms. The van der Waals surface area contributed by atoms with Crippen LogP contribution in [0.2, 0.25) is 5.02 Å². The van der Waals surface area contributed by atoms with Crippen molar-refractivity contribution in [2.45, 2.75) is 89.3 Å². The second kappa shape index (κ2) is 17.2. The Kier molecular flexibility index (Phi) is 12.6. The number of Topliss-reactive ketones (excluding diaryl/α,β-unsaturated/α-hetero) is 1. The van der Waals surface area contributed by atoms with Crippen molar-refractivity contribution < 1.29 is 33.7 Å². The van der Waals surface area contributed by atoms with Gasteiger partial charge in [0.15, 0.2) is 5.78 Å². The SMILES string of the molecule is COCCCN(CC1(O)CCC2c3ccc(cc3C(=O)Cc3c(F)cccc3Cl)CC(O)CCC(C)=CCCC21C)C(=O)Oc1ccc2ccccc2c1. The predicted molar refractivity (Wildman–Crippen MR) is 211 cm³/mol. The van der Waals surface area contributed by atoms with E-state index in [1.54, 1.807) is 24.1 Å². The number of benzene rings is 4. The molecular formula is C45H51ClFNO6. The van der Waals surface area contributed by atoms with E-state index in [0.29, 0.717) is 69.4 Å². The first-order valence-corrected chi connectivity index (χ1v) is 19.4. The van der Waals surface area contributed by atoms with Gasteiger partial charge < -0.3 is 24.6 Å². The highest BCUT2D eigenvalue weighted by Gasteiger charge is 2.57. The minimum Gasteiger partial charge on any atom is -0.410 e. The number of carbonyl (C=O) groups excluding carboxylic acids is 2. The fraction of sp³-hybridized carbons (Fsp3) is 0.422. The summed E-state index contributed by atoms with van der Waals surface area (Å²) in [6, 6.07) is 23.5. The molecule has 4 atom stereocenters. The Balaban J connectivity index is 1.37. The number of methoxy groups -OCH3 is 1. The van der Waals surface area contributed by atoms with Crippen LogP contribution < -0.4 is 4.74 Å². The molecule has 54 heavy (non-hydrogen) atoms. The molecule has 1 saturated carbocycles. The quantitative estimate of drug-likeness (QED) is 0.0951. The summed E-state index contributed by atoms with van der Waals surface area (Å²) in [5.74, 6) is -0.683. The number of hydrogen-bond acceptors (Lipinski definition) is 6. The minimum atomic E-state index is -1.35. The van der Waals surface area contributed by atoms with Gasteiger partial charge in [-0.15, -0.1) is 0 Å². The zero-order valence-corrected chi connectivity index (χ0v) is 32.2. The molecule has 4 aromatic carbocycles. The third-order valence-corrected chi connectivity index (χ3v) is 12.1. The van der Waals surface area contributed by atoms with Crippen LogP contribution in [0.1, 0.15) is 91.8 Å². The van der Waals surface area contributed by atoms with Gasteiger partial charge in [0.1, 0.15) is 11.6 Å². The highest BCUT2D eigenvalue weighted by atomic mass is 35.5. The average molecular weight is 756 g/mol. The molecule has 3 aliphatic rings. The fourth-order valence-corrected chi connectivity index (χ4v) is 8.77. The van der Waals surface area contributed by atoms with E-state index in [4.69, 9.17) is 21.1 Å². The Hall–Kier alpha value is -4.08. The zero-order valence-electron chi connectivity index (χ0n) is 31.5. The molecule has 1 fully saturated rings. The smallest absolute Gasteiger partial charge is 0.410 e. The van der Waals surface area contributed by atoms with Crippen LogP contribution in [-0.2, 0) is 17.6 Å². The van der Waals surface area contributed by atoms with E-state index >= 15 is 0 Å². The molecule has 4 aromatic rings. The summed E-state index contributed by atoms with van der Waals surface area (Å²) in [7, 11) is 1.61. The highest BCUT2D eigenvalue weighted by molar-refractivity contribution is 6.31. The van der Waals surface area contributed by atoms with E-state index in [-0.39, 0.29) is 35.3 Å². The van der Waals surface area contributed by atoms with Crippen LogP contribution in [0.4, 0.5) is 9.18 Å². The van der Waals surface area contributed by atoms with E-state index in [2.05, 4.69) is 19.9 Å². The van der Waals surface area contributed by atoms with Crippen molar-refractivity contribution in [2.24, 2.45) is 5.41 Å². The van der Waals surface area contributed by atoms with Crippen molar-refractivity contribution >= 4 is 34.2 Å². The van der Waals surface area contributed by atoms with Gasteiger partial charge in [-0.2, -0.15) is 0 Å². The Labute approximate surface area is 322 Å². The summed E-state index contributed by atoms with van der Waals surface area (Å²) in [6.45, 7) is 4.91. The summed E-state index contributed by atoms with van der Waals surface area (Å²) in [4.78, 5) is 29.8. The number of ether oxygens (including phenoxy) is 2. The molecule has 2 N–H and O–H groups in total. The molecule has 0 saturated heterocycles. The number of halogens is 2. The summed E-state index contributed by atoms with van der Waals surface area (Å²) < 4.78 is 26.3. The van der Waals surface area contributed by atoms with Crippen molar-refractivity contribution in [1.82, 2.24) is 4.90 Å². The number of rotatable bonds is 10. The van der Waals surface area contributed by atoms with Gasteiger partial charge in [0, 0.05) is 48.2 Å². The van der Waals surface area contributed by atoms with Crippen molar-refractivity contribution in [3.8, 4) is 5.75 Å². The lowest BCUT2D eigenvalue weighted by molar-refractivity contribution is -0.0795. The molecule has 1 amide bonds. The summed E-state index contributed by atoms with van der Waals surface area (Å²) in [6.07, 6.45) is 5.19. The van der Waals surface area contributed by atoms with Crippen LogP contribution in [-0.4, -0.2) is 65.5 Å². The number of ketones is 1. The van der Waals surface area contributed by atoms with Gasteiger partial charge in [-0.05, 0) is 116 Å². The maximum absolute atomic E-state index is 15.0. The monoisotopic (exact) mass is 755 g/mol. The molecule has 7 rings (SSSR count). The maximum Gasteiger partial charge on any atom is 0.415 e.